The Bertz CT molecular complexity index is 941. The van der Waals surface area contributed by atoms with Crippen LogP contribution in [0.25, 0.3) is 10.9 Å². The third kappa shape index (κ3) is 2.05. The third-order valence-corrected chi connectivity index (χ3v) is 6.87. The quantitative estimate of drug-likeness (QED) is 0.825. The molecule has 138 valence electrons. The van der Waals surface area contributed by atoms with Crippen LogP contribution < -0.4 is 5.56 Å². The van der Waals surface area contributed by atoms with Crippen LogP contribution in [-0.4, -0.2) is 52.2 Å². The van der Waals surface area contributed by atoms with Crippen molar-refractivity contribution in [2.75, 3.05) is 26.2 Å². The lowest BCUT2D eigenvalue weighted by atomic mass is 9.60. The average Bonchev–Trinajstić information content (AvgIpc) is 2.52. The average molecular weight is 353 g/mol. The zero-order valence-corrected chi connectivity index (χ0v) is 16.0. The van der Waals surface area contributed by atoms with Gasteiger partial charge >= 0.3 is 0 Å². The summed E-state index contributed by atoms with van der Waals surface area (Å²) in [7, 11) is 0. The Morgan fingerprint density at radius 1 is 1.04 bits per heavy atom. The summed E-state index contributed by atoms with van der Waals surface area (Å²) in [5.41, 5.74) is 3.88. The minimum Gasteiger partial charge on any atom is -0.392 e. The lowest BCUT2D eigenvalue weighted by Gasteiger charge is -2.68. The Balaban J connectivity index is 1.64. The van der Waals surface area contributed by atoms with E-state index in [1.54, 1.807) is 0 Å². The SMILES string of the molecule is Cc1cc(C)c2[nH]c(=O)c(C3N4CC5(C)CN3CC(C)(C4)C5O)cc2c1. The van der Waals surface area contributed by atoms with Crippen molar-refractivity contribution in [1.29, 1.82) is 0 Å². The molecule has 4 saturated heterocycles. The van der Waals surface area contributed by atoms with Gasteiger partial charge in [-0.25, -0.2) is 0 Å². The lowest BCUT2D eigenvalue weighted by molar-refractivity contribution is -0.254. The number of fused-ring (bicyclic) bond motifs is 1. The number of benzene rings is 1. The van der Waals surface area contributed by atoms with Crippen LogP contribution in [0.2, 0.25) is 0 Å². The summed E-state index contributed by atoms with van der Waals surface area (Å²) in [6, 6.07) is 6.34. The Labute approximate surface area is 153 Å². The van der Waals surface area contributed by atoms with Gasteiger partial charge in [0, 0.05) is 42.6 Å². The van der Waals surface area contributed by atoms with Crippen LogP contribution >= 0.6 is 0 Å². The van der Waals surface area contributed by atoms with E-state index in [2.05, 4.69) is 53.8 Å². The molecule has 1 aromatic heterocycles. The van der Waals surface area contributed by atoms with E-state index < -0.39 is 0 Å². The maximum atomic E-state index is 13.0. The van der Waals surface area contributed by atoms with Crippen LogP contribution in [0.3, 0.4) is 0 Å². The predicted molar refractivity (Wildman–Crippen MR) is 102 cm³/mol. The summed E-state index contributed by atoms with van der Waals surface area (Å²) in [6.45, 7) is 11.9. The molecule has 1 aromatic carbocycles. The highest BCUT2D eigenvalue weighted by molar-refractivity contribution is 5.83. The van der Waals surface area contributed by atoms with E-state index in [0.717, 1.165) is 48.2 Å². The maximum absolute atomic E-state index is 13.0. The molecule has 0 aliphatic carbocycles. The molecule has 5 nitrogen and oxygen atoms in total. The summed E-state index contributed by atoms with van der Waals surface area (Å²) >= 11 is 0. The highest BCUT2D eigenvalue weighted by Gasteiger charge is 2.62. The number of aliphatic hydroxyl groups excluding tert-OH is 1. The van der Waals surface area contributed by atoms with Gasteiger partial charge in [0.15, 0.2) is 0 Å². The summed E-state index contributed by atoms with van der Waals surface area (Å²) in [6.07, 6.45) is -0.263. The van der Waals surface area contributed by atoms with Gasteiger partial charge in [0.25, 0.3) is 5.56 Å². The molecule has 2 N–H and O–H groups in total. The lowest BCUT2D eigenvalue weighted by Crippen LogP contribution is -2.77. The van der Waals surface area contributed by atoms with E-state index in [-0.39, 0.29) is 28.7 Å². The first-order chi connectivity index (χ1) is 12.2. The summed E-state index contributed by atoms with van der Waals surface area (Å²) in [4.78, 5) is 20.9. The number of aryl methyl sites for hydroxylation is 2. The van der Waals surface area contributed by atoms with E-state index in [1.807, 2.05) is 6.92 Å². The number of aromatic amines is 1. The molecule has 6 rings (SSSR count). The Morgan fingerprint density at radius 2 is 1.62 bits per heavy atom. The minimum absolute atomic E-state index is 0.0117. The van der Waals surface area contributed by atoms with E-state index in [9.17, 15) is 9.90 Å². The van der Waals surface area contributed by atoms with E-state index in [4.69, 9.17) is 0 Å². The number of rotatable bonds is 1. The first-order valence-electron chi connectivity index (χ1n) is 9.51. The van der Waals surface area contributed by atoms with Crippen LogP contribution in [0, 0.1) is 24.7 Å². The molecule has 5 heterocycles. The van der Waals surface area contributed by atoms with E-state index >= 15 is 0 Å². The maximum Gasteiger partial charge on any atom is 0.254 e. The molecule has 26 heavy (non-hydrogen) atoms. The van der Waals surface area contributed by atoms with Crippen molar-refractivity contribution >= 4 is 10.9 Å². The van der Waals surface area contributed by atoms with Crippen molar-refractivity contribution in [3.8, 4) is 0 Å². The van der Waals surface area contributed by atoms with Gasteiger partial charge < -0.3 is 10.1 Å². The number of piperidine rings is 2. The summed E-state index contributed by atoms with van der Waals surface area (Å²) in [5.74, 6) is 0. The van der Waals surface area contributed by atoms with Crippen molar-refractivity contribution in [2.45, 2.75) is 40.0 Å². The number of aliphatic hydroxyl groups is 1. The Morgan fingerprint density at radius 3 is 2.19 bits per heavy atom. The number of hydrogen-bond donors (Lipinski definition) is 2. The van der Waals surface area contributed by atoms with Crippen molar-refractivity contribution in [3.63, 3.8) is 0 Å². The van der Waals surface area contributed by atoms with Crippen LogP contribution in [0.1, 0.15) is 36.7 Å². The fourth-order valence-corrected chi connectivity index (χ4v) is 6.12. The first-order valence-corrected chi connectivity index (χ1v) is 9.51. The molecule has 0 amide bonds. The normalized spacial score (nSPS) is 41.1. The van der Waals surface area contributed by atoms with Crippen LogP contribution in [0.4, 0.5) is 0 Å². The van der Waals surface area contributed by atoms with Crippen LogP contribution in [-0.2, 0) is 0 Å². The van der Waals surface area contributed by atoms with Crippen molar-refractivity contribution in [1.82, 2.24) is 14.8 Å². The molecule has 5 heteroatoms. The number of nitrogens with zero attached hydrogens (tertiary/aromatic N) is 2. The highest BCUT2D eigenvalue weighted by Crippen LogP contribution is 2.53. The molecular formula is C21H27N3O2. The van der Waals surface area contributed by atoms with Gasteiger partial charge in [-0.1, -0.05) is 25.5 Å². The molecule has 4 aliphatic rings. The molecule has 4 bridgehead atoms. The number of hydrogen-bond acceptors (Lipinski definition) is 4. The van der Waals surface area contributed by atoms with Crippen molar-refractivity contribution < 1.29 is 5.11 Å². The minimum atomic E-state index is -0.274. The fraction of sp³-hybridized carbons (Fsp3) is 0.571. The number of nitrogens with one attached hydrogen (secondary N) is 1. The zero-order chi connectivity index (χ0) is 18.4. The van der Waals surface area contributed by atoms with E-state index in [1.165, 1.54) is 5.56 Å². The van der Waals surface area contributed by atoms with Gasteiger partial charge in [0.1, 0.15) is 0 Å². The van der Waals surface area contributed by atoms with Crippen LogP contribution in [0.15, 0.2) is 23.0 Å². The van der Waals surface area contributed by atoms with Gasteiger partial charge in [-0.05, 0) is 36.9 Å². The molecule has 4 aliphatic heterocycles. The van der Waals surface area contributed by atoms with Gasteiger partial charge in [-0.3, -0.25) is 14.6 Å². The van der Waals surface area contributed by atoms with Gasteiger partial charge in [0.2, 0.25) is 0 Å². The van der Waals surface area contributed by atoms with Crippen LogP contribution in [0.5, 0.6) is 0 Å². The molecule has 0 atom stereocenters. The second-order valence-corrected chi connectivity index (χ2v) is 9.49. The largest absolute Gasteiger partial charge is 0.392 e. The van der Waals surface area contributed by atoms with Gasteiger partial charge in [-0.2, -0.15) is 0 Å². The predicted octanol–water partition coefficient (Wildman–Crippen LogP) is 2.16. The van der Waals surface area contributed by atoms with Crippen molar-refractivity contribution in [3.05, 3.63) is 45.2 Å². The Hall–Kier alpha value is -1.69. The monoisotopic (exact) mass is 353 g/mol. The molecular weight excluding hydrogens is 326 g/mol. The molecule has 2 aromatic rings. The van der Waals surface area contributed by atoms with Gasteiger partial charge in [0.05, 0.1) is 17.8 Å². The topological polar surface area (TPSA) is 59.6 Å². The highest BCUT2D eigenvalue weighted by atomic mass is 16.3. The fourth-order valence-electron chi connectivity index (χ4n) is 6.12. The number of aromatic nitrogens is 1. The third-order valence-electron chi connectivity index (χ3n) is 6.87. The molecule has 4 fully saturated rings. The molecule has 0 unspecified atom stereocenters. The summed E-state index contributed by atoms with van der Waals surface area (Å²) < 4.78 is 0. The number of pyridine rings is 1. The zero-order valence-electron chi connectivity index (χ0n) is 16.0. The number of H-pyrrole nitrogens is 1. The van der Waals surface area contributed by atoms with Crippen molar-refractivity contribution in [2.24, 2.45) is 10.8 Å². The standard InChI is InChI=1S/C21H27N3O2/c1-12-5-13(2)16-14(6-12)7-15(17(25)22-16)18-23-8-20(3)9-24(18)11-21(4,10-23)19(20)26/h5-7,18-19,26H,8-11H2,1-4H3,(H,22,25). The Kier molecular flexibility index (Phi) is 3.15. The summed E-state index contributed by atoms with van der Waals surface area (Å²) in [5, 5.41) is 11.9. The molecule has 0 saturated carbocycles. The van der Waals surface area contributed by atoms with Gasteiger partial charge in [-0.15, -0.1) is 0 Å². The molecule has 0 radical (unpaired) electrons. The second-order valence-electron chi connectivity index (χ2n) is 9.49. The smallest absolute Gasteiger partial charge is 0.254 e. The van der Waals surface area contributed by atoms with E-state index in [0.29, 0.717) is 0 Å². The second kappa shape index (κ2) is 4.97. The molecule has 0 spiro atoms. The first kappa shape index (κ1) is 16.5.